The minimum atomic E-state index is 0.734. The summed E-state index contributed by atoms with van der Waals surface area (Å²) >= 11 is 1.96. The second-order valence-corrected chi connectivity index (χ2v) is 7.12. The molecule has 1 fully saturated rings. The summed E-state index contributed by atoms with van der Waals surface area (Å²) in [6, 6.07) is 2.12. The maximum Gasteiger partial charge on any atom is 0.132 e. The molecule has 1 N–H and O–H groups in total. The zero-order valence-electron chi connectivity index (χ0n) is 13.0. The third-order valence-electron chi connectivity index (χ3n) is 3.76. The van der Waals surface area contributed by atoms with Gasteiger partial charge in [0.25, 0.3) is 0 Å². The van der Waals surface area contributed by atoms with E-state index in [1.807, 2.05) is 11.8 Å². The van der Waals surface area contributed by atoms with Crippen LogP contribution >= 0.6 is 11.8 Å². The average Bonchev–Trinajstić information content (AvgIpc) is 2.39. The zero-order chi connectivity index (χ0) is 14.4. The molecule has 0 radical (unpaired) electrons. The van der Waals surface area contributed by atoms with Gasteiger partial charge in [-0.25, -0.2) is 9.97 Å². The highest BCUT2D eigenvalue weighted by Crippen LogP contribution is 2.35. The van der Waals surface area contributed by atoms with Crippen molar-refractivity contribution in [2.45, 2.75) is 69.6 Å². The van der Waals surface area contributed by atoms with E-state index in [1.54, 1.807) is 0 Å². The molecule has 0 spiro atoms. The summed E-state index contributed by atoms with van der Waals surface area (Å²) in [4.78, 5) is 9.32. The van der Waals surface area contributed by atoms with E-state index in [4.69, 9.17) is 4.98 Å². The van der Waals surface area contributed by atoms with Crippen molar-refractivity contribution in [1.82, 2.24) is 9.97 Å². The largest absolute Gasteiger partial charge is 0.370 e. The van der Waals surface area contributed by atoms with E-state index in [1.165, 1.54) is 25.7 Å². The SMILES string of the molecule is CCCc1nc(NCC)cc(SC2CCCC(C)C2)n1. The van der Waals surface area contributed by atoms with Crippen LogP contribution in [0.5, 0.6) is 0 Å². The van der Waals surface area contributed by atoms with Crippen molar-refractivity contribution in [1.29, 1.82) is 0 Å². The van der Waals surface area contributed by atoms with Gasteiger partial charge in [-0.3, -0.25) is 0 Å². The van der Waals surface area contributed by atoms with Crippen molar-refractivity contribution in [2.75, 3.05) is 11.9 Å². The maximum atomic E-state index is 4.74. The molecule has 2 rings (SSSR count). The highest BCUT2D eigenvalue weighted by molar-refractivity contribution is 7.99. The summed E-state index contributed by atoms with van der Waals surface area (Å²) in [5, 5.41) is 5.21. The Bertz CT molecular complexity index is 398. The maximum absolute atomic E-state index is 4.74. The van der Waals surface area contributed by atoms with Gasteiger partial charge in [-0.2, -0.15) is 0 Å². The summed E-state index contributed by atoms with van der Waals surface area (Å²) in [5.41, 5.74) is 0. The molecule has 20 heavy (non-hydrogen) atoms. The van der Waals surface area contributed by atoms with E-state index in [2.05, 4.69) is 37.1 Å². The van der Waals surface area contributed by atoms with Gasteiger partial charge in [0.15, 0.2) is 0 Å². The Hall–Kier alpha value is -0.770. The first-order valence-corrected chi connectivity index (χ1v) is 8.87. The van der Waals surface area contributed by atoms with Crippen molar-refractivity contribution in [3.05, 3.63) is 11.9 Å². The molecule has 0 bridgehead atoms. The molecule has 1 aliphatic rings. The van der Waals surface area contributed by atoms with E-state index in [-0.39, 0.29) is 0 Å². The molecule has 1 heterocycles. The summed E-state index contributed by atoms with van der Waals surface area (Å²) in [7, 11) is 0. The molecule has 1 aliphatic carbocycles. The molecule has 1 aromatic rings. The van der Waals surface area contributed by atoms with Crippen LogP contribution < -0.4 is 5.32 Å². The van der Waals surface area contributed by atoms with Crippen LogP contribution in [0.25, 0.3) is 0 Å². The molecular weight excluding hydrogens is 266 g/mol. The lowest BCUT2D eigenvalue weighted by Crippen LogP contribution is -2.15. The van der Waals surface area contributed by atoms with Crippen LogP contribution in [-0.4, -0.2) is 21.8 Å². The topological polar surface area (TPSA) is 37.8 Å². The van der Waals surface area contributed by atoms with Crippen molar-refractivity contribution >= 4 is 17.6 Å². The first kappa shape index (κ1) is 15.6. The highest BCUT2D eigenvalue weighted by Gasteiger charge is 2.20. The van der Waals surface area contributed by atoms with Crippen LogP contribution in [0.2, 0.25) is 0 Å². The van der Waals surface area contributed by atoms with E-state index >= 15 is 0 Å². The summed E-state index contributed by atoms with van der Waals surface area (Å²) in [6.07, 6.45) is 7.48. The lowest BCUT2D eigenvalue weighted by molar-refractivity contribution is 0.394. The molecule has 2 unspecified atom stereocenters. The summed E-state index contributed by atoms with van der Waals surface area (Å²) < 4.78 is 0. The van der Waals surface area contributed by atoms with Gasteiger partial charge < -0.3 is 5.32 Å². The Morgan fingerprint density at radius 2 is 2.15 bits per heavy atom. The molecule has 0 aromatic carbocycles. The first-order valence-electron chi connectivity index (χ1n) is 7.99. The van der Waals surface area contributed by atoms with E-state index in [0.717, 1.165) is 47.2 Å². The van der Waals surface area contributed by atoms with E-state index in [0.29, 0.717) is 0 Å². The fourth-order valence-corrected chi connectivity index (χ4v) is 4.19. The lowest BCUT2D eigenvalue weighted by atomic mass is 9.91. The van der Waals surface area contributed by atoms with Crippen LogP contribution in [0.1, 0.15) is 58.7 Å². The number of hydrogen-bond donors (Lipinski definition) is 1. The summed E-state index contributed by atoms with van der Waals surface area (Å²) in [5.74, 6) is 2.83. The second-order valence-electron chi connectivity index (χ2n) is 5.80. The zero-order valence-corrected chi connectivity index (χ0v) is 13.8. The number of aryl methyl sites for hydroxylation is 1. The Balaban J connectivity index is 2.08. The van der Waals surface area contributed by atoms with E-state index < -0.39 is 0 Å². The molecule has 1 aromatic heterocycles. The molecule has 0 aliphatic heterocycles. The fourth-order valence-electron chi connectivity index (χ4n) is 2.80. The number of nitrogens with zero attached hydrogens (tertiary/aromatic N) is 2. The van der Waals surface area contributed by atoms with Crippen LogP contribution in [-0.2, 0) is 6.42 Å². The molecule has 0 saturated heterocycles. The number of nitrogens with one attached hydrogen (secondary N) is 1. The Labute approximate surface area is 127 Å². The van der Waals surface area contributed by atoms with Crippen molar-refractivity contribution < 1.29 is 0 Å². The van der Waals surface area contributed by atoms with Gasteiger partial charge in [0.2, 0.25) is 0 Å². The van der Waals surface area contributed by atoms with Gasteiger partial charge in [0.05, 0.1) is 0 Å². The standard InChI is InChI=1S/C16H27N3S/c1-4-7-14-18-15(17-5-2)11-16(19-14)20-13-9-6-8-12(3)10-13/h11-13H,4-10H2,1-3H3,(H,17,18,19). The monoisotopic (exact) mass is 293 g/mol. The predicted molar refractivity (Wildman–Crippen MR) is 87.5 cm³/mol. The van der Waals surface area contributed by atoms with Crippen LogP contribution in [0.15, 0.2) is 11.1 Å². The van der Waals surface area contributed by atoms with Crippen molar-refractivity contribution in [3.8, 4) is 0 Å². The van der Waals surface area contributed by atoms with Crippen molar-refractivity contribution in [3.63, 3.8) is 0 Å². The van der Waals surface area contributed by atoms with Crippen LogP contribution in [0, 0.1) is 5.92 Å². The molecule has 0 amide bonds. The van der Waals surface area contributed by atoms with Crippen LogP contribution in [0.3, 0.4) is 0 Å². The van der Waals surface area contributed by atoms with Crippen molar-refractivity contribution in [2.24, 2.45) is 5.92 Å². The first-order chi connectivity index (χ1) is 9.71. The molecule has 3 nitrogen and oxygen atoms in total. The normalized spacial score (nSPS) is 22.8. The number of aromatic nitrogens is 2. The fraction of sp³-hybridized carbons (Fsp3) is 0.750. The number of hydrogen-bond acceptors (Lipinski definition) is 4. The Kier molecular flexibility index (Phi) is 6.14. The molecule has 2 atom stereocenters. The van der Waals surface area contributed by atoms with Gasteiger partial charge in [0, 0.05) is 24.3 Å². The highest BCUT2D eigenvalue weighted by atomic mass is 32.2. The Morgan fingerprint density at radius 3 is 2.85 bits per heavy atom. The number of anilines is 1. The Morgan fingerprint density at radius 1 is 1.30 bits per heavy atom. The van der Waals surface area contributed by atoms with Gasteiger partial charge in [0.1, 0.15) is 16.7 Å². The smallest absolute Gasteiger partial charge is 0.132 e. The lowest BCUT2D eigenvalue weighted by Gasteiger charge is -2.26. The third kappa shape index (κ3) is 4.65. The molecule has 4 heteroatoms. The van der Waals surface area contributed by atoms with E-state index in [9.17, 15) is 0 Å². The van der Waals surface area contributed by atoms with Gasteiger partial charge in [-0.15, -0.1) is 11.8 Å². The van der Waals surface area contributed by atoms with Gasteiger partial charge >= 0.3 is 0 Å². The molecule has 1 saturated carbocycles. The van der Waals surface area contributed by atoms with Gasteiger partial charge in [-0.05, 0) is 32.1 Å². The third-order valence-corrected chi connectivity index (χ3v) is 4.97. The minimum absolute atomic E-state index is 0.734. The molecular formula is C16H27N3S. The van der Waals surface area contributed by atoms with Crippen LogP contribution in [0.4, 0.5) is 5.82 Å². The quantitative estimate of drug-likeness (QED) is 0.782. The second kappa shape index (κ2) is 7.87. The number of thioether (sulfide) groups is 1. The number of rotatable bonds is 6. The molecule has 112 valence electrons. The summed E-state index contributed by atoms with van der Waals surface area (Å²) in [6.45, 7) is 7.57. The van der Waals surface area contributed by atoms with Gasteiger partial charge in [-0.1, -0.05) is 26.7 Å². The average molecular weight is 293 g/mol. The minimum Gasteiger partial charge on any atom is -0.370 e. The predicted octanol–water partition coefficient (Wildman–Crippen LogP) is 4.53.